The predicted molar refractivity (Wildman–Crippen MR) is 99.6 cm³/mol. The number of ether oxygens (including phenoxy) is 1. The first kappa shape index (κ1) is 18.2. The number of aromatic nitrogens is 1. The molecular weight excluding hydrogens is 330 g/mol. The molecule has 2 heterocycles. The summed E-state index contributed by atoms with van der Waals surface area (Å²) in [6, 6.07) is 9.80. The molecule has 2 aromatic rings. The average Bonchev–Trinajstić information content (AvgIpc) is 3.14. The van der Waals surface area contributed by atoms with Crippen molar-refractivity contribution < 1.29 is 14.3 Å². The molecule has 1 saturated heterocycles. The van der Waals surface area contributed by atoms with Crippen LogP contribution in [0.15, 0.2) is 36.5 Å². The molecule has 0 aliphatic carbocycles. The Labute approximate surface area is 153 Å². The van der Waals surface area contributed by atoms with Crippen LogP contribution in [-0.4, -0.2) is 59.3 Å². The summed E-state index contributed by atoms with van der Waals surface area (Å²) in [6.07, 6.45) is 1.59. The van der Waals surface area contributed by atoms with Crippen LogP contribution in [0, 0.1) is 0 Å². The molecule has 3 rings (SSSR count). The molecule has 6 nitrogen and oxygen atoms in total. The molecule has 1 N–H and O–H groups in total. The van der Waals surface area contributed by atoms with E-state index in [9.17, 15) is 9.59 Å². The van der Waals surface area contributed by atoms with Crippen molar-refractivity contribution in [3.8, 4) is 5.75 Å². The third-order valence-corrected chi connectivity index (χ3v) is 4.62. The van der Waals surface area contributed by atoms with Gasteiger partial charge in [-0.25, -0.2) is 0 Å². The first-order valence-electron chi connectivity index (χ1n) is 8.99. The summed E-state index contributed by atoms with van der Waals surface area (Å²) >= 11 is 0. The van der Waals surface area contributed by atoms with Crippen molar-refractivity contribution in [2.45, 2.75) is 20.4 Å². The molecule has 1 aliphatic heterocycles. The fraction of sp³-hybridized carbons (Fsp3) is 0.400. The van der Waals surface area contributed by atoms with Gasteiger partial charge in [-0.05, 0) is 37.6 Å². The van der Waals surface area contributed by atoms with E-state index < -0.39 is 0 Å². The van der Waals surface area contributed by atoms with Crippen LogP contribution in [0.5, 0.6) is 5.75 Å². The van der Waals surface area contributed by atoms with Gasteiger partial charge in [0.15, 0.2) is 5.78 Å². The SMILES string of the molecule is CCOc1ccc(CN2CCN(C(=O)c3cc(C(C)=O)c[nH]3)CC2)cc1. The molecule has 26 heavy (non-hydrogen) atoms. The van der Waals surface area contributed by atoms with Gasteiger partial charge in [0.05, 0.1) is 6.61 Å². The van der Waals surface area contributed by atoms with Crippen LogP contribution in [0.25, 0.3) is 0 Å². The van der Waals surface area contributed by atoms with E-state index in [-0.39, 0.29) is 11.7 Å². The fourth-order valence-corrected chi connectivity index (χ4v) is 3.12. The molecule has 1 aromatic heterocycles. The molecule has 1 aliphatic rings. The van der Waals surface area contributed by atoms with E-state index in [4.69, 9.17) is 4.74 Å². The van der Waals surface area contributed by atoms with Crippen LogP contribution < -0.4 is 4.74 Å². The lowest BCUT2D eigenvalue weighted by Crippen LogP contribution is -2.48. The van der Waals surface area contributed by atoms with Gasteiger partial charge in [0, 0.05) is 44.5 Å². The number of hydrogen-bond donors (Lipinski definition) is 1. The summed E-state index contributed by atoms with van der Waals surface area (Å²) < 4.78 is 5.47. The van der Waals surface area contributed by atoms with E-state index in [1.807, 2.05) is 24.0 Å². The minimum atomic E-state index is -0.0433. The Morgan fingerprint density at radius 1 is 1.12 bits per heavy atom. The van der Waals surface area contributed by atoms with Crippen molar-refractivity contribution >= 4 is 11.7 Å². The second kappa shape index (κ2) is 8.19. The molecule has 1 fully saturated rings. The number of carbonyl (C=O) groups excluding carboxylic acids is 2. The maximum Gasteiger partial charge on any atom is 0.270 e. The predicted octanol–water partition coefficient (Wildman–Crippen LogP) is 2.57. The number of hydrogen-bond acceptors (Lipinski definition) is 4. The summed E-state index contributed by atoms with van der Waals surface area (Å²) in [5, 5.41) is 0. The number of H-pyrrole nitrogens is 1. The van der Waals surface area contributed by atoms with E-state index in [1.54, 1.807) is 12.3 Å². The van der Waals surface area contributed by atoms with Gasteiger partial charge in [-0.1, -0.05) is 12.1 Å². The highest BCUT2D eigenvalue weighted by molar-refractivity contribution is 5.99. The van der Waals surface area contributed by atoms with Crippen LogP contribution in [-0.2, 0) is 6.54 Å². The average molecular weight is 355 g/mol. The second-order valence-electron chi connectivity index (χ2n) is 6.50. The lowest BCUT2D eigenvalue weighted by molar-refractivity contribution is 0.0623. The summed E-state index contributed by atoms with van der Waals surface area (Å²) in [4.78, 5) is 31.0. The minimum Gasteiger partial charge on any atom is -0.494 e. The van der Waals surface area contributed by atoms with E-state index in [1.165, 1.54) is 12.5 Å². The molecular formula is C20H25N3O3. The Bertz CT molecular complexity index is 759. The number of benzene rings is 1. The highest BCUT2D eigenvalue weighted by Crippen LogP contribution is 2.15. The number of nitrogens with one attached hydrogen (secondary N) is 1. The van der Waals surface area contributed by atoms with Gasteiger partial charge in [-0.3, -0.25) is 14.5 Å². The van der Waals surface area contributed by atoms with Gasteiger partial charge in [0.2, 0.25) is 0 Å². The van der Waals surface area contributed by atoms with Crippen LogP contribution in [0.2, 0.25) is 0 Å². The minimum absolute atomic E-state index is 0.0412. The molecule has 6 heteroatoms. The molecule has 0 saturated carbocycles. The van der Waals surface area contributed by atoms with Crippen molar-refractivity contribution in [3.05, 3.63) is 53.3 Å². The zero-order chi connectivity index (χ0) is 18.5. The van der Waals surface area contributed by atoms with Crippen molar-refractivity contribution in [3.63, 3.8) is 0 Å². The number of Topliss-reactive ketones (excluding diaryl/α,β-unsaturated/α-hetero) is 1. The van der Waals surface area contributed by atoms with E-state index in [0.717, 1.165) is 25.4 Å². The van der Waals surface area contributed by atoms with Crippen LogP contribution in [0.1, 0.15) is 40.3 Å². The molecule has 0 atom stereocenters. The Kier molecular flexibility index (Phi) is 5.73. The standard InChI is InChI=1S/C20H25N3O3/c1-3-26-18-6-4-16(5-7-18)14-22-8-10-23(11-9-22)20(25)19-12-17(13-21-19)15(2)24/h4-7,12-13,21H,3,8-11,14H2,1-2H3. The van der Waals surface area contributed by atoms with Gasteiger partial charge >= 0.3 is 0 Å². The lowest BCUT2D eigenvalue weighted by atomic mass is 10.2. The molecule has 0 bridgehead atoms. The van der Waals surface area contributed by atoms with Crippen molar-refractivity contribution in [2.75, 3.05) is 32.8 Å². The van der Waals surface area contributed by atoms with Gasteiger partial charge in [0.25, 0.3) is 5.91 Å². The Balaban J connectivity index is 1.51. The number of carbonyl (C=O) groups is 2. The Morgan fingerprint density at radius 2 is 1.81 bits per heavy atom. The van der Waals surface area contributed by atoms with Gasteiger partial charge in [-0.15, -0.1) is 0 Å². The monoisotopic (exact) mass is 355 g/mol. The van der Waals surface area contributed by atoms with Crippen molar-refractivity contribution in [1.82, 2.24) is 14.8 Å². The smallest absolute Gasteiger partial charge is 0.270 e. The normalized spacial score (nSPS) is 15.1. The maximum absolute atomic E-state index is 12.6. The maximum atomic E-state index is 12.6. The number of rotatable bonds is 6. The van der Waals surface area contributed by atoms with Crippen molar-refractivity contribution in [1.29, 1.82) is 0 Å². The quantitative estimate of drug-likeness (QED) is 0.809. The Morgan fingerprint density at radius 3 is 2.38 bits per heavy atom. The van der Waals surface area contributed by atoms with E-state index in [0.29, 0.717) is 31.0 Å². The number of ketones is 1. The lowest BCUT2D eigenvalue weighted by Gasteiger charge is -2.34. The van der Waals surface area contributed by atoms with Gasteiger partial charge in [-0.2, -0.15) is 0 Å². The van der Waals surface area contributed by atoms with Crippen LogP contribution >= 0.6 is 0 Å². The topological polar surface area (TPSA) is 65.6 Å². The van der Waals surface area contributed by atoms with E-state index in [2.05, 4.69) is 22.0 Å². The largest absolute Gasteiger partial charge is 0.494 e. The van der Waals surface area contributed by atoms with Crippen LogP contribution in [0.3, 0.4) is 0 Å². The molecule has 1 amide bonds. The highest BCUT2D eigenvalue weighted by atomic mass is 16.5. The summed E-state index contributed by atoms with van der Waals surface area (Å²) in [5.41, 5.74) is 2.27. The summed E-state index contributed by atoms with van der Waals surface area (Å²) in [6.45, 7) is 8.04. The number of aromatic amines is 1. The number of piperazine rings is 1. The first-order valence-corrected chi connectivity index (χ1v) is 8.99. The second-order valence-corrected chi connectivity index (χ2v) is 6.50. The highest BCUT2D eigenvalue weighted by Gasteiger charge is 2.23. The zero-order valence-corrected chi connectivity index (χ0v) is 15.3. The van der Waals surface area contributed by atoms with E-state index >= 15 is 0 Å². The third-order valence-electron chi connectivity index (χ3n) is 4.62. The van der Waals surface area contributed by atoms with Crippen LogP contribution in [0.4, 0.5) is 0 Å². The molecule has 1 aromatic carbocycles. The molecule has 138 valence electrons. The number of amides is 1. The third kappa shape index (κ3) is 4.32. The van der Waals surface area contributed by atoms with Crippen molar-refractivity contribution in [2.24, 2.45) is 0 Å². The first-order chi connectivity index (χ1) is 12.6. The summed E-state index contributed by atoms with van der Waals surface area (Å²) in [7, 11) is 0. The molecule has 0 radical (unpaired) electrons. The molecule has 0 unspecified atom stereocenters. The van der Waals surface area contributed by atoms with Gasteiger partial charge in [0.1, 0.15) is 11.4 Å². The zero-order valence-electron chi connectivity index (χ0n) is 15.3. The molecule has 0 spiro atoms. The Hall–Kier alpha value is -2.60. The fourth-order valence-electron chi connectivity index (χ4n) is 3.12. The van der Waals surface area contributed by atoms with Gasteiger partial charge < -0.3 is 14.6 Å². The summed E-state index contributed by atoms with van der Waals surface area (Å²) in [5.74, 6) is 0.807. The number of nitrogens with zero attached hydrogens (tertiary/aromatic N) is 2.